The second-order valence-corrected chi connectivity index (χ2v) is 6.03. The monoisotopic (exact) mass is 408 g/mol. The minimum Gasteiger partial charge on any atom is -0.482 e. The van der Waals surface area contributed by atoms with Gasteiger partial charge in [0.25, 0.3) is 5.76 Å². The summed E-state index contributed by atoms with van der Waals surface area (Å²) in [7, 11) is 0. The zero-order valence-electron chi connectivity index (χ0n) is 15.1. The number of aliphatic carboxylic acids is 1. The maximum absolute atomic E-state index is 13.5. The highest BCUT2D eigenvalue weighted by atomic mass is 19.4. The van der Waals surface area contributed by atoms with Gasteiger partial charge >= 0.3 is 12.1 Å². The van der Waals surface area contributed by atoms with Crippen LogP contribution in [0.25, 0.3) is 11.0 Å². The molecule has 0 aliphatic carbocycles. The van der Waals surface area contributed by atoms with Gasteiger partial charge < -0.3 is 19.0 Å². The molecule has 0 aliphatic heterocycles. The number of halogens is 3. The highest BCUT2D eigenvalue weighted by Crippen LogP contribution is 2.38. The van der Waals surface area contributed by atoms with Gasteiger partial charge in [-0.2, -0.15) is 13.2 Å². The van der Waals surface area contributed by atoms with E-state index in [-0.39, 0.29) is 16.9 Å². The van der Waals surface area contributed by atoms with Gasteiger partial charge in [0.15, 0.2) is 6.61 Å². The Hall–Kier alpha value is -3.49. The molecule has 0 bridgehead atoms. The molecule has 29 heavy (non-hydrogen) atoms. The van der Waals surface area contributed by atoms with Gasteiger partial charge in [0.05, 0.1) is 5.39 Å². The number of benzene rings is 2. The second kappa shape index (κ2) is 7.86. The fourth-order valence-corrected chi connectivity index (χ4v) is 2.58. The van der Waals surface area contributed by atoms with Crippen LogP contribution >= 0.6 is 0 Å². The number of ether oxygens (including phenoxy) is 2. The van der Waals surface area contributed by atoms with Crippen LogP contribution in [0, 0.1) is 0 Å². The van der Waals surface area contributed by atoms with E-state index in [0.717, 1.165) is 18.1 Å². The Morgan fingerprint density at radius 1 is 1.10 bits per heavy atom. The summed E-state index contributed by atoms with van der Waals surface area (Å²) in [6, 6.07) is 9.75. The molecule has 0 unspecified atom stereocenters. The molecule has 6 nitrogen and oxygen atoms in total. The Balaban J connectivity index is 2.09. The van der Waals surface area contributed by atoms with E-state index in [9.17, 15) is 22.8 Å². The largest absolute Gasteiger partial charge is 0.482 e. The van der Waals surface area contributed by atoms with Crippen LogP contribution in [-0.4, -0.2) is 17.7 Å². The molecule has 0 saturated carbocycles. The SMILES string of the molecule is CCc1ccc(Oc2c(C(F)(F)F)oc3cc(OCC(=O)O)ccc3c2=O)cc1. The van der Waals surface area contributed by atoms with E-state index in [2.05, 4.69) is 0 Å². The van der Waals surface area contributed by atoms with Crippen LogP contribution in [-0.2, 0) is 17.4 Å². The zero-order chi connectivity index (χ0) is 21.2. The summed E-state index contributed by atoms with van der Waals surface area (Å²) < 4.78 is 55.6. The zero-order valence-corrected chi connectivity index (χ0v) is 15.1. The molecular formula is C20H15F3O6. The van der Waals surface area contributed by atoms with Gasteiger partial charge in [-0.05, 0) is 36.2 Å². The minimum atomic E-state index is -5.00. The molecule has 0 aliphatic rings. The number of hydrogen-bond donors (Lipinski definition) is 1. The highest BCUT2D eigenvalue weighted by Gasteiger charge is 2.40. The smallest absolute Gasteiger partial charge is 0.453 e. The van der Waals surface area contributed by atoms with Crippen molar-refractivity contribution in [1.29, 1.82) is 0 Å². The number of rotatable bonds is 6. The molecule has 0 fully saturated rings. The summed E-state index contributed by atoms with van der Waals surface area (Å²) in [5.74, 6) is -3.83. The first-order valence-electron chi connectivity index (χ1n) is 8.48. The molecule has 2 aromatic carbocycles. The molecule has 9 heteroatoms. The molecule has 1 aromatic heterocycles. The molecule has 0 spiro atoms. The van der Waals surface area contributed by atoms with Crippen molar-refractivity contribution in [2.45, 2.75) is 19.5 Å². The van der Waals surface area contributed by atoms with Crippen molar-refractivity contribution in [3.05, 3.63) is 64.0 Å². The summed E-state index contributed by atoms with van der Waals surface area (Å²) in [5.41, 5.74) is -0.463. The Morgan fingerprint density at radius 2 is 1.76 bits per heavy atom. The van der Waals surface area contributed by atoms with Gasteiger partial charge in [0, 0.05) is 6.07 Å². The average Bonchev–Trinajstić information content (AvgIpc) is 2.68. The predicted octanol–water partition coefficient (Wildman–Crippen LogP) is 4.63. The number of alkyl halides is 3. The fraction of sp³-hybridized carbons (Fsp3) is 0.200. The average molecular weight is 408 g/mol. The maximum Gasteiger partial charge on any atom is 0.453 e. The number of carbonyl (C=O) groups is 1. The van der Waals surface area contributed by atoms with Gasteiger partial charge in [0.2, 0.25) is 11.2 Å². The van der Waals surface area contributed by atoms with Crippen molar-refractivity contribution in [1.82, 2.24) is 0 Å². The molecule has 3 rings (SSSR count). The van der Waals surface area contributed by atoms with Crippen LogP contribution in [0.15, 0.2) is 51.7 Å². The summed E-state index contributed by atoms with van der Waals surface area (Å²) in [6.45, 7) is 1.22. The molecule has 0 saturated heterocycles. The first kappa shape index (κ1) is 20.2. The summed E-state index contributed by atoms with van der Waals surface area (Å²) >= 11 is 0. The molecule has 3 aromatic rings. The van der Waals surface area contributed by atoms with Crippen molar-refractivity contribution >= 4 is 16.9 Å². The molecule has 152 valence electrons. The van der Waals surface area contributed by atoms with E-state index < -0.39 is 41.3 Å². The lowest BCUT2D eigenvalue weighted by Gasteiger charge is -2.14. The lowest BCUT2D eigenvalue weighted by molar-refractivity contribution is -0.154. The standard InChI is InChI=1S/C20H15F3O6/c1-2-11-3-5-12(6-4-11)28-18-17(26)14-8-7-13(27-10-16(24)25)9-15(14)29-19(18)20(21,22)23/h3-9H,2,10H2,1H3,(H,24,25). The summed E-state index contributed by atoms with van der Waals surface area (Å²) in [4.78, 5) is 23.3. The van der Waals surface area contributed by atoms with E-state index in [1.54, 1.807) is 12.1 Å². The molecule has 0 atom stereocenters. The quantitative estimate of drug-likeness (QED) is 0.640. The van der Waals surface area contributed by atoms with Crippen LogP contribution in [0.2, 0.25) is 0 Å². The van der Waals surface area contributed by atoms with E-state index in [0.29, 0.717) is 0 Å². The lowest BCUT2D eigenvalue weighted by atomic mass is 10.1. The maximum atomic E-state index is 13.5. The van der Waals surface area contributed by atoms with Crippen molar-refractivity contribution in [3.8, 4) is 17.2 Å². The molecule has 0 amide bonds. The fourth-order valence-electron chi connectivity index (χ4n) is 2.58. The van der Waals surface area contributed by atoms with Gasteiger partial charge in [0.1, 0.15) is 17.1 Å². The normalized spacial score (nSPS) is 11.4. The van der Waals surface area contributed by atoms with Crippen molar-refractivity contribution in [3.63, 3.8) is 0 Å². The second-order valence-electron chi connectivity index (χ2n) is 6.03. The van der Waals surface area contributed by atoms with Crippen molar-refractivity contribution in [2.75, 3.05) is 6.61 Å². The number of carboxylic acids is 1. The van der Waals surface area contributed by atoms with Crippen LogP contribution in [0.5, 0.6) is 17.2 Å². The number of carboxylic acid groups (broad SMARTS) is 1. The first-order valence-corrected chi connectivity index (χ1v) is 8.48. The molecular weight excluding hydrogens is 393 g/mol. The molecule has 0 radical (unpaired) electrons. The van der Waals surface area contributed by atoms with Crippen LogP contribution in [0.4, 0.5) is 13.2 Å². The van der Waals surface area contributed by atoms with E-state index in [1.807, 2.05) is 6.92 Å². The third-order valence-electron chi connectivity index (χ3n) is 3.99. The third kappa shape index (κ3) is 4.50. The topological polar surface area (TPSA) is 86.0 Å². The Morgan fingerprint density at radius 3 is 2.34 bits per heavy atom. The Labute approximate surface area is 162 Å². The first-order chi connectivity index (χ1) is 13.7. The van der Waals surface area contributed by atoms with Crippen molar-refractivity contribution in [2.24, 2.45) is 0 Å². The van der Waals surface area contributed by atoms with E-state index in [4.69, 9.17) is 19.0 Å². The van der Waals surface area contributed by atoms with E-state index >= 15 is 0 Å². The minimum absolute atomic E-state index is 0.0556. The van der Waals surface area contributed by atoms with E-state index in [1.165, 1.54) is 24.3 Å². The van der Waals surface area contributed by atoms with Crippen LogP contribution in [0.1, 0.15) is 18.2 Å². The van der Waals surface area contributed by atoms with Crippen LogP contribution in [0.3, 0.4) is 0 Å². The Bertz CT molecular complexity index is 1100. The third-order valence-corrected chi connectivity index (χ3v) is 3.99. The number of fused-ring (bicyclic) bond motifs is 1. The summed E-state index contributed by atoms with van der Waals surface area (Å²) in [6.07, 6.45) is -4.26. The van der Waals surface area contributed by atoms with Gasteiger partial charge in [-0.1, -0.05) is 19.1 Å². The number of hydrogen-bond acceptors (Lipinski definition) is 5. The highest BCUT2D eigenvalue weighted by molar-refractivity contribution is 5.80. The van der Waals surface area contributed by atoms with Crippen LogP contribution < -0.4 is 14.9 Å². The van der Waals surface area contributed by atoms with Gasteiger partial charge in [-0.3, -0.25) is 4.79 Å². The summed E-state index contributed by atoms with van der Waals surface area (Å²) in [5, 5.41) is 8.46. The number of aryl methyl sites for hydroxylation is 1. The van der Waals surface area contributed by atoms with Gasteiger partial charge in [-0.15, -0.1) is 0 Å². The van der Waals surface area contributed by atoms with Gasteiger partial charge in [-0.25, -0.2) is 4.79 Å². The van der Waals surface area contributed by atoms with Crippen molar-refractivity contribution < 1.29 is 37.0 Å². The lowest BCUT2D eigenvalue weighted by Crippen LogP contribution is -2.15. The predicted molar refractivity (Wildman–Crippen MR) is 96.5 cm³/mol. The molecule has 1 heterocycles. The Kier molecular flexibility index (Phi) is 5.49. The molecule has 1 N–H and O–H groups in total.